The van der Waals surface area contributed by atoms with E-state index in [1.165, 1.54) is 6.07 Å². The predicted molar refractivity (Wildman–Crippen MR) is 119 cm³/mol. The van der Waals surface area contributed by atoms with Gasteiger partial charge in [-0.3, -0.25) is 0 Å². The summed E-state index contributed by atoms with van der Waals surface area (Å²) in [5.41, 5.74) is 4.45. The lowest BCUT2D eigenvalue weighted by molar-refractivity contribution is 0.252. The molecule has 0 atom stereocenters. The second kappa shape index (κ2) is 8.51. The summed E-state index contributed by atoms with van der Waals surface area (Å²) in [6.07, 6.45) is 2.57. The number of fused-ring (bicyclic) bond motifs is 1. The highest BCUT2D eigenvalue weighted by Gasteiger charge is 2.11. The van der Waals surface area contributed by atoms with Gasteiger partial charge < -0.3 is 20.4 Å². The van der Waals surface area contributed by atoms with E-state index in [-0.39, 0.29) is 0 Å². The third-order valence-electron chi connectivity index (χ3n) is 5.10. The third kappa shape index (κ3) is 4.37. The van der Waals surface area contributed by atoms with Gasteiger partial charge in [0.1, 0.15) is 11.4 Å². The number of anilines is 1. The van der Waals surface area contributed by atoms with Gasteiger partial charge in [-0.2, -0.15) is 5.10 Å². The van der Waals surface area contributed by atoms with E-state index < -0.39 is 11.8 Å². The SMILES string of the molecule is COc1ccc2[nH]cc(CCNC(=O)Nc3ccc(-n4nc(C)cc4C)c(F)c3)c2c1. The molecule has 0 spiro atoms. The van der Waals surface area contributed by atoms with E-state index in [9.17, 15) is 9.18 Å². The van der Waals surface area contributed by atoms with Crippen molar-refractivity contribution in [2.45, 2.75) is 20.3 Å². The van der Waals surface area contributed by atoms with Gasteiger partial charge in [0.2, 0.25) is 0 Å². The van der Waals surface area contributed by atoms with Crippen molar-refractivity contribution in [3.8, 4) is 11.4 Å². The van der Waals surface area contributed by atoms with Crippen molar-refractivity contribution in [1.29, 1.82) is 0 Å². The van der Waals surface area contributed by atoms with Crippen molar-refractivity contribution in [1.82, 2.24) is 20.1 Å². The van der Waals surface area contributed by atoms with Gasteiger partial charge in [0.05, 0.1) is 12.8 Å². The predicted octanol–water partition coefficient (Wildman–Crippen LogP) is 4.48. The molecule has 0 saturated heterocycles. The topological polar surface area (TPSA) is 84.0 Å². The number of amides is 2. The smallest absolute Gasteiger partial charge is 0.319 e. The Hall–Kier alpha value is -3.81. The number of hydrogen-bond acceptors (Lipinski definition) is 3. The zero-order valence-electron chi connectivity index (χ0n) is 17.6. The van der Waals surface area contributed by atoms with Gasteiger partial charge in [-0.25, -0.2) is 13.9 Å². The fourth-order valence-electron chi connectivity index (χ4n) is 3.61. The monoisotopic (exact) mass is 421 g/mol. The van der Waals surface area contributed by atoms with Crippen LogP contribution in [0.3, 0.4) is 0 Å². The molecule has 0 bridgehead atoms. The van der Waals surface area contributed by atoms with Crippen LogP contribution in [-0.2, 0) is 6.42 Å². The molecular formula is C23H24FN5O2. The Morgan fingerprint density at radius 2 is 2.03 bits per heavy atom. The average molecular weight is 421 g/mol. The summed E-state index contributed by atoms with van der Waals surface area (Å²) in [6.45, 7) is 4.15. The number of benzene rings is 2. The largest absolute Gasteiger partial charge is 0.497 e. The van der Waals surface area contributed by atoms with Gasteiger partial charge in [-0.05, 0) is 68.3 Å². The molecule has 2 aromatic heterocycles. The van der Waals surface area contributed by atoms with Gasteiger partial charge in [-0.1, -0.05) is 0 Å². The molecule has 0 fully saturated rings. The van der Waals surface area contributed by atoms with Gasteiger partial charge in [0, 0.05) is 35.0 Å². The zero-order chi connectivity index (χ0) is 22.0. The van der Waals surface area contributed by atoms with Crippen molar-refractivity contribution in [3.63, 3.8) is 0 Å². The average Bonchev–Trinajstić information content (AvgIpc) is 3.29. The van der Waals surface area contributed by atoms with Gasteiger partial charge in [-0.15, -0.1) is 0 Å². The van der Waals surface area contributed by atoms with Crippen LogP contribution in [0.25, 0.3) is 16.6 Å². The van der Waals surface area contributed by atoms with E-state index in [2.05, 4.69) is 20.7 Å². The molecule has 0 radical (unpaired) electrons. The van der Waals surface area contributed by atoms with E-state index in [0.717, 1.165) is 33.6 Å². The van der Waals surface area contributed by atoms with E-state index in [1.54, 1.807) is 23.9 Å². The first-order chi connectivity index (χ1) is 14.9. The molecule has 3 N–H and O–H groups in total. The number of methoxy groups -OCH3 is 1. The number of ether oxygens (including phenoxy) is 1. The number of nitrogens with zero attached hydrogens (tertiary/aromatic N) is 2. The number of hydrogen-bond donors (Lipinski definition) is 3. The number of halogens is 1. The van der Waals surface area contributed by atoms with Crippen LogP contribution in [0.5, 0.6) is 5.75 Å². The lowest BCUT2D eigenvalue weighted by atomic mass is 10.1. The van der Waals surface area contributed by atoms with Crippen LogP contribution in [0.4, 0.5) is 14.9 Å². The summed E-state index contributed by atoms with van der Waals surface area (Å²) in [5.74, 6) is 0.321. The van der Waals surface area contributed by atoms with Crippen LogP contribution in [-0.4, -0.2) is 34.5 Å². The summed E-state index contributed by atoms with van der Waals surface area (Å²) < 4.78 is 21.4. The van der Waals surface area contributed by atoms with Crippen molar-refractivity contribution in [2.75, 3.05) is 19.0 Å². The third-order valence-corrected chi connectivity index (χ3v) is 5.10. The number of nitrogens with one attached hydrogen (secondary N) is 3. The van der Waals surface area contributed by atoms with Crippen LogP contribution in [0, 0.1) is 19.7 Å². The van der Waals surface area contributed by atoms with Crippen molar-refractivity contribution < 1.29 is 13.9 Å². The Kier molecular flexibility index (Phi) is 5.62. The lowest BCUT2D eigenvalue weighted by Crippen LogP contribution is -2.30. The molecule has 4 aromatic rings. The van der Waals surface area contributed by atoms with E-state index in [0.29, 0.717) is 24.3 Å². The summed E-state index contributed by atoms with van der Waals surface area (Å²) in [6, 6.07) is 11.9. The molecule has 0 unspecified atom stereocenters. The first kappa shape index (κ1) is 20.5. The molecule has 7 nitrogen and oxygen atoms in total. The standard InChI is InChI=1S/C23H24FN5O2/c1-14-10-15(2)29(28-14)22-7-4-17(11-20(22)24)27-23(30)25-9-8-16-13-26-21-6-5-18(31-3)12-19(16)21/h4-7,10-13,26H,8-9H2,1-3H3,(H2,25,27,30). The van der Waals surface area contributed by atoms with Gasteiger partial charge in [0.25, 0.3) is 0 Å². The van der Waals surface area contributed by atoms with Crippen molar-refractivity contribution in [2.24, 2.45) is 0 Å². The molecule has 160 valence electrons. The number of aromatic amines is 1. The molecule has 2 heterocycles. The molecular weight excluding hydrogens is 397 g/mol. The van der Waals surface area contributed by atoms with Gasteiger partial charge >= 0.3 is 6.03 Å². The summed E-state index contributed by atoms with van der Waals surface area (Å²) >= 11 is 0. The Morgan fingerprint density at radius 3 is 2.74 bits per heavy atom. The molecule has 0 saturated carbocycles. The minimum atomic E-state index is -0.461. The van der Waals surface area contributed by atoms with Crippen molar-refractivity contribution >= 4 is 22.6 Å². The molecule has 0 aliphatic rings. The van der Waals surface area contributed by atoms with Crippen molar-refractivity contribution in [3.05, 3.63) is 71.4 Å². The highest BCUT2D eigenvalue weighted by Crippen LogP contribution is 2.24. The number of rotatable bonds is 6. The highest BCUT2D eigenvalue weighted by molar-refractivity contribution is 5.89. The van der Waals surface area contributed by atoms with Crippen LogP contribution >= 0.6 is 0 Å². The second-order valence-electron chi connectivity index (χ2n) is 7.36. The number of carbonyl (C=O) groups excluding carboxylic acids is 1. The fraction of sp³-hybridized carbons (Fsp3) is 0.217. The molecule has 8 heteroatoms. The molecule has 0 aliphatic carbocycles. The first-order valence-corrected chi connectivity index (χ1v) is 9.96. The Morgan fingerprint density at radius 1 is 1.19 bits per heavy atom. The first-order valence-electron chi connectivity index (χ1n) is 9.96. The molecule has 0 aliphatic heterocycles. The highest BCUT2D eigenvalue weighted by atomic mass is 19.1. The lowest BCUT2D eigenvalue weighted by Gasteiger charge is -2.10. The molecule has 2 amide bonds. The fourth-order valence-corrected chi connectivity index (χ4v) is 3.61. The van der Waals surface area contributed by atoms with Crippen LogP contribution in [0.15, 0.2) is 48.7 Å². The summed E-state index contributed by atoms with van der Waals surface area (Å²) in [7, 11) is 1.63. The minimum absolute atomic E-state index is 0.339. The number of urea groups is 1. The maximum absolute atomic E-state index is 14.6. The molecule has 4 rings (SSSR count). The van der Waals surface area contributed by atoms with E-state index >= 15 is 0 Å². The summed E-state index contributed by atoms with van der Waals surface area (Å²) in [5, 5.41) is 10.8. The molecule has 31 heavy (non-hydrogen) atoms. The number of carbonyl (C=O) groups is 1. The minimum Gasteiger partial charge on any atom is -0.497 e. The molecule has 2 aromatic carbocycles. The van der Waals surface area contributed by atoms with Crippen LogP contribution < -0.4 is 15.4 Å². The maximum atomic E-state index is 14.6. The Balaban J connectivity index is 1.36. The van der Waals surface area contributed by atoms with Crippen LogP contribution in [0.2, 0.25) is 0 Å². The van der Waals surface area contributed by atoms with Gasteiger partial charge in [0.15, 0.2) is 5.82 Å². The summed E-state index contributed by atoms with van der Waals surface area (Å²) in [4.78, 5) is 15.5. The number of aryl methyl sites for hydroxylation is 2. The zero-order valence-corrected chi connectivity index (χ0v) is 17.6. The Labute approximate surface area is 179 Å². The second-order valence-corrected chi connectivity index (χ2v) is 7.36. The number of H-pyrrole nitrogens is 1. The van der Waals surface area contributed by atoms with Crippen LogP contribution in [0.1, 0.15) is 17.0 Å². The normalized spacial score (nSPS) is 11.0. The number of aromatic nitrogens is 3. The Bertz CT molecular complexity index is 1240. The van der Waals surface area contributed by atoms with E-state index in [4.69, 9.17) is 4.74 Å². The van der Waals surface area contributed by atoms with E-state index in [1.807, 2.05) is 44.3 Å². The maximum Gasteiger partial charge on any atom is 0.319 e. The quantitative estimate of drug-likeness (QED) is 0.429.